The van der Waals surface area contributed by atoms with Crippen molar-refractivity contribution < 1.29 is 19.8 Å². The molecule has 0 radical (unpaired) electrons. The van der Waals surface area contributed by atoms with E-state index in [9.17, 15) is 14.7 Å². The smallest absolute Gasteiger partial charge is 0.326 e. The molecule has 3 N–H and O–H groups in total. The van der Waals surface area contributed by atoms with Crippen LogP contribution in [0.1, 0.15) is 39.0 Å². The molecule has 118 valence electrons. The fourth-order valence-corrected chi connectivity index (χ4v) is 4.56. The van der Waals surface area contributed by atoms with E-state index in [0.717, 1.165) is 5.92 Å². The number of aliphatic hydroxyl groups is 1. The van der Waals surface area contributed by atoms with Crippen LogP contribution >= 0.6 is 0 Å². The van der Waals surface area contributed by atoms with E-state index >= 15 is 0 Å². The number of hydrogen-bond donors (Lipinski definition) is 3. The number of carbonyl (C=O) groups is 2. The van der Waals surface area contributed by atoms with Crippen LogP contribution in [0.25, 0.3) is 0 Å². The number of aliphatic hydroxyl groups excluding tert-OH is 1. The third kappa shape index (κ3) is 2.73. The number of nitrogens with zero attached hydrogens (tertiary/aromatic N) is 1. The predicted octanol–water partition coefficient (Wildman–Crippen LogP) is 1.04. The Bertz CT molecular complexity index is 441. The molecular weight excluding hydrogens is 272 g/mol. The largest absolute Gasteiger partial charge is 0.480 e. The molecule has 6 unspecified atom stereocenters. The average molecular weight is 296 g/mol. The Morgan fingerprint density at radius 3 is 2.57 bits per heavy atom. The van der Waals surface area contributed by atoms with Crippen molar-refractivity contribution in [2.24, 2.45) is 17.8 Å². The van der Waals surface area contributed by atoms with Crippen LogP contribution in [0.2, 0.25) is 0 Å². The molecular formula is C15H24N2O4. The van der Waals surface area contributed by atoms with Crippen LogP contribution in [0, 0.1) is 17.8 Å². The summed E-state index contributed by atoms with van der Waals surface area (Å²) in [7, 11) is 0. The number of amides is 2. The van der Waals surface area contributed by atoms with Gasteiger partial charge in [0.25, 0.3) is 0 Å². The predicted molar refractivity (Wildman–Crippen MR) is 75.7 cm³/mol. The molecule has 0 aromatic heterocycles. The second-order valence-corrected chi connectivity index (χ2v) is 6.97. The van der Waals surface area contributed by atoms with Crippen LogP contribution in [0.4, 0.5) is 4.79 Å². The Balaban J connectivity index is 1.59. The highest BCUT2D eigenvalue weighted by atomic mass is 16.4. The van der Waals surface area contributed by atoms with Crippen molar-refractivity contribution in [3.05, 3.63) is 0 Å². The Morgan fingerprint density at radius 1 is 1.24 bits per heavy atom. The zero-order valence-electron chi connectivity index (χ0n) is 12.4. The molecule has 6 atom stereocenters. The minimum atomic E-state index is -1.05. The molecule has 3 fully saturated rings. The van der Waals surface area contributed by atoms with Gasteiger partial charge in [0.2, 0.25) is 0 Å². The number of β-amino-alcohol motifs (C(OH)–C–C–N with tert-alkyl or cyclic N) is 1. The van der Waals surface area contributed by atoms with E-state index in [4.69, 9.17) is 5.11 Å². The number of urea groups is 1. The summed E-state index contributed by atoms with van der Waals surface area (Å²) in [6, 6.07) is -1.19. The summed E-state index contributed by atoms with van der Waals surface area (Å²) >= 11 is 0. The number of likely N-dealkylation sites (tertiary alicyclic amines) is 1. The molecule has 2 amide bonds. The second kappa shape index (κ2) is 5.48. The van der Waals surface area contributed by atoms with Crippen molar-refractivity contribution in [2.75, 3.05) is 6.54 Å². The third-order valence-electron chi connectivity index (χ3n) is 5.61. The lowest BCUT2D eigenvalue weighted by Crippen LogP contribution is -2.50. The number of carboxylic acid groups (broad SMARTS) is 1. The third-order valence-corrected chi connectivity index (χ3v) is 5.61. The molecule has 1 heterocycles. The van der Waals surface area contributed by atoms with E-state index < -0.39 is 18.1 Å². The fourth-order valence-electron chi connectivity index (χ4n) is 4.56. The molecule has 0 spiro atoms. The maximum atomic E-state index is 12.3. The zero-order chi connectivity index (χ0) is 15.1. The minimum Gasteiger partial charge on any atom is -0.480 e. The Morgan fingerprint density at radius 2 is 2.00 bits per heavy atom. The summed E-state index contributed by atoms with van der Waals surface area (Å²) in [5.41, 5.74) is 0. The molecule has 3 rings (SSSR count). The molecule has 0 aromatic rings. The first-order chi connectivity index (χ1) is 9.95. The standard InChI is InChI=1S/C15H24N2O4/c1-8(12-5-9-2-3-10(12)4-9)16-15(21)17-7-11(18)6-13(17)14(19)20/h8-13,18H,2-7H2,1H3,(H,16,21)(H,19,20). The van der Waals surface area contributed by atoms with E-state index in [0.29, 0.717) is 11.8 Å². The highest BCUT2D eigenvalue weighted by Crippen LogP contribution is 2.49. The Kier molecular flexibility index (Phi) is 3.82. The SMILES string of the molecule is CC(NC(=O)N1CC(O)CC1C(=O)O)C1CC2CCC1C2. The van der Waals surface area contributed by atoms with E-state index in [1.807, 2.05) is 6.92 Å². The van der Waals surface area contributed by atoms with E-state index in [1.54, 1.807) is 0 Å². The number of fused-ring (bicyclic) bond motifs is 2. The molecule has 6 nitrogen and oxygen atoms in total. The number of carboxylic acids is 1. The molecule has 3 aliphatic rings. The van der Waals surface area contributed by atoms with Gasteiger partial charge in [-0.2, -0.15) is 0 Å². The van der Waals surface area contributed by atoms with Crippen LogP contribution in [0.15, 0.2) is 0 Å². The number of carbonyl (C=O) groups excluding carboxylic acids is 1. The normalized spacial score (nSPS) is 39.5. The van der Waals surface area contributed by atoms with Gasteiger partial charge in [0.1, 0.15) is 6.04 Å². The van der Waals surface area contributed by atoms with Crippen molar-refractivity contribution in [2.45, 2.75) is 57.2 Å². The Labute approximate surface area is 124 Å². The zero-order valence-corrected chi connectivity index (χ0v) is 12.4. The molecule has 1 saturated heterocycles. The van der Waals surface area contributed by atoms with Gasteiger partial charge in [-0.25, -0.2) is 9.59 Å². The summed E-state index contributed by atoms with van der Waals surface area (Å²) < 4.78 is 0. The summed E-state index contributed by atoms with van der Waals surface area (Å²) in [5, 5.41) is 21.7. The van der Waals surface area contributed by atoms with Crippen LogP contribution in [0.5, 0.6) is 0 Å². The van der Waals surface area contributed by atoms with Crippen LogP contribution in [0.3, 0.4) is 0 Å². The first-order valence-corrected chi connectivity index (χ1v) is 7.93. The monoisotopic (exact) mass is 296 g/mol. The summed E-state index contributed by atoms with van der Waals surface area (Å²) in [6.45, 7) is 2.12. The summed E-state index contributed by atoms with van der Waals surface area (Å²) in [4.78, 5) is 24.8. The van der Waals surface area contributed by atoms with Gasteiger partial charge in [-0.15, -0.1) is 0 Å². The van der Waals surface area contributed by atoms with Crippen LogP contribution in [-0.2, 0) is 4.79 Å². The quantitative estimate of drug-likeness (QED) is 0.726. The van der Waals surface area contributed by atoms with Gasteiger partial charge in [-0.05, 0) is 43.9 Å². The van der Waals surface area contributed by atoms with Gasteiger partial charge in [0.15, 0.2) is 0 Å². The van der Waals surface area contributed by atoms with Crippen molar-refractivity contribution in [3.63, 3.8) is 0 Å². The van der Waals surface area contributed by atoms with Gasteiger partial charge < -0.3 is 20.4 Å². The number of nitrogens with one attached hydrogen (secondary N) is 1. The number of rotatable bonds is 3. The van der Waals surface area contributed by atoms with Crippen LogP contribution < -0.4 is 5.32 Å². The first-order valence-electron chi connectivity index (χ1n) is 7.93. The Hall–Kier alpha value is -1.30. The maximum absolute atomic E-state index is 12.3. The molecule has 0 aromatic carbocycles. The highest BCUT2D eigenvalue weighted by molar-refractivity contribution is 5.83. The van der Waals surface area contributed by atoms with Crippen molar-refractivity contribution in [1.29, 1.82) is 0 Å². The van der Waals surface area contributed by atoms with E-state index in [2.05, 4.69) is 5.32 Å². The molecule has 2 bridgehead atoms. The maximum Gasteiger partial charge on any atom is 0.326 e. The second-order valence-electron chi connectivity index (χ2n) is 6.97. The topological polar surface area (TPSA) is 89.9 Å². The molecule has 1 aliphatic heterocycles. The van der Waals surface area contributed by atoms with Crippen molar-refractivity contribution in [3.8, 4) is 0 Å². The lowest BCUT2D eigenvalue weighted by atomic mass is 9.84. The van der Waals surface area contributed by atoms with Gasteiger partial charge in [0, 0.05) is 19.0 Å². The molecule has 2 aliphatic carbocycles. The van der Waals surface area contributed by atoms with Gasteiger partial charge in [-0.1, -0.05) is 6.42 Å². The number of aliphatic carboxylic acids is 1. The molecule has 21 heavy (non-hydrogen) atoms. The van der Waals surface area contributed by atoms with Crippen molar-refractivity contribution >= 4 is 12.0 Å². The summed E-state index contributed by atoms with van der Waals surface area (Å²) in [5.74, 6) is 1.00. The lowest BCUT2D eigenvalue weighted by Gasteiger charge is -2.31. The first kappa shape index (κ1) is 14.6. The summed E-state index contributed by atoms with van der Waals surface area (Å²) in [6.07, 6.45) is 4.42. The number of hydrogen-bond acceptors (Lipinski definition) is 3. The van der Waals surface area contributed by atoms with Gasteiger partial charge >= 0.3 is 12.0 Å². The van der Waals surface area contributed by atoms with Gasteiger partial charge in [-0.3, -0.25) is 0 Å². The van der Waals surface area contributed by atoms with Gasteiger partial charge in [0.05, 0.1) is 6.10 Å². The van der Waals surface area contributed by atoms with Crippen molar-refractivity contribution in [1.82, 2.24) is 10.2 Å². The average Bonchev–Trinajstić information content (AvgIpc) is 3.12. The molecule has 2 saturated carbocycles. The molecule has 6 heteroatoms. The lowest BCUT2D eigenvalue weighted by molar-refractivity contribution is -0.141. The van der Waals surface area contributed by atoms with Crippen LogP contribution in [-0.4, -0.2) is 51.8 Å². The highest BCUT2D eigenvalue weighted by Gasteiger charge is 2.44. The van der Waals surface area contributed by atoms with E-state index in [-0.39, 0.29) is 25.0 Å². The fraction of sp³-hybridized carbons (Fsp3) is 0.867. The minimum absolute atomic E-state index is 0.0694. The van der Waals surface area contributed by atoms with E-state index in [1.165, 1.54) is 30.6 Å².